The SMILES string of the molecule is CC(C)(C)C(=O)c1ccc2[nH]c(C(=O)Nc3ccc(O)cc3)cc2c1. The van der Waals surface area contributed by atoms with E-state index in [0.29, 0.717) is 16.9 Å². The number of carbonyl (C=O) groups excluding carboxylic acids is 2. The number of ketones is 1. The van der Waals surface area contributed by atoms with Crippen LogP contribution in [0, 0.1) is 5.41 Å². The van der Waals surface area contributed by atoms with Gasteiger partial charge in [-0.1, -0.05) is 20.8 Å². The van der Waals surface area contributed by atoms with Crippen molar-refractivity contribution in [3.8, 4) is 5.75 Å². The first-order chi connectivity index (χ1) is 11.7. The molecule has 3 rings (SSSR count). The third-order valence-electron chi connectivity index (χ3n) is 3.93. The summed E-state index contributed by atoms with van der Waals surface area (Å²) in [6, 6.07) is 13.4. The van der Waals surface area contributed by atoms with Crippen LogP contribution in [-0.2, 0) is 0 Å². The number of aromatic nitrogens is 1. The molecule has 25 heavy (non-hydrogen) atoms. The first-order valence-corrected chi connectivity index (χ1v) is 8.02. The molecule has 3 aromatic rings. The lowest BCUT2D eigenvalue weighted by Gasteiger charge is -2.16. The van der Waals surface area contributed by atoms with E-state index < -0.39 is 5.41 Å². The summed E-state index contributed by atoms with van der Waals surface area (Å²) in [7, 11) is 0. The van der Waals surface area contributed by atoms with Crippen molar-refractivity contribution < 1.29 is 14.7 Å². The average molecular weight is 336 g/mol. The van der Waals surface area contributed by atoms with E-state index in [1.807, 2.05) is 26.8 Å². The molecule has 0 saturated heterocycles. The number of hydrogen-bond donors (Lipinski definition) is 3. The number of benzene rings is 2. The van der Waals surface area contributed by atoms with Gasteiger partial charge < -0.3 is 15.4 Å². The van der Waals surface area contributed by atoms with Crippen LogP contribution in [0.15, 0.2) is 48.5 Å². The first-order valence-electron chi connectivity index (χ1n) is 8.02. The highest BCUT2D eigenvalue weighted by molar-refractivity contribution is 6.07. The molecule has 0 saturated carbocycles. The predicted molar refractivity (Wildman–Crippen MR) is 98.1 cm³/mol. The Morgan fingerprint density at radius 1 is 1.00 bits per heavy atom. The molecule has 0 fully saturated rings. The lowest BCUT2D eigenvalue weighted by molar-refractivity contribution is 0.0858. The van der Waals surface area contributed by atoms with E-state index in [1.54, 1.807) is 30.3 Å². The molecule has 1 aromatic heterocycles. The standard InChI is InChI=1S/C20H20N2O3/c1-20(2,3)18(24)12-4-9-16-13(10-12)11-17(22-16)19(25)21-14-5-7-15(23)8-6-14/h4-11,22-23H,1-3H3,(H,21,25). The second kappa shape index (κ2) is 6.09. The topological polar surface area (TPSA) is 82.2 Å². The van der Waals surface area contributed by atoms with Crippen LogP contribution in [0.3, 0.4) is 0 Å². The molecule has 0 aliphatic carbocycles. The fourth-order valence-corrected chi connectivity index (χ4v) is 2.57. The molecule has 5 nitrogen and oxygen atoms in total. The minimum absolute atomic E-state index is 0.0608. The Hall–Kier alpha value is -3.08. The summed E-state index contributed by atoms with van der Waals surface area (Å²) in [4.78, 5) is 27.8. The maximum absolute atomic E-state index is 12.4. The van der Waals surface area contributed by atoms with Crippen LogP contribution in [-0.4, -0.2) is 21.8 Å². The van der Waals surface area contributed by atoms with E-state index in [4.69, 9.17) is 0 Å². The van der Waals surface area contributed by atoms with Gasteiger partial charge in [-0.15, -0.1) is 0 Å². The van der Waals surface area contributed by atoms with Gasteiger partial charge in [0.1, 0.15) is 11.4 Å². The van der Waals surface area contributed by atoms with Gasteiger partial charge in [0.15, 0.2) is 5.78 Å². The molecular formula is C20H20N2O3. The van der Waals surface area contributed by atoms with Crippen LogP contribution in [0.2, 0.25) is 0 Å². The number of hydrogen-bond acceptors (Lipinski definition) is 3. The minimum Gasteiger partial charge on any atom is -0.508 e. The van der Waals surface area contributed by atoms with E-state index >= 15 is 0 Å². The Labute approximate surface area is 145 Å². The summed E-state index contributed by atoms with van der Waals surface area (Å²) in [5, 5.41) is 12.9. The molecule has 5 heteroatoms. The molecule has 0 atom stereocenters. The van der Waals surface area contributed by atoms with E-state index in [-0.39, 0.29) is 17.4 Å². The van der Waals surface area contributed by atoms with Crippen molar-refractivity contribution in [2.45, 2.75) is 20.8 Å². The second-order valence-corrected chi connectivity index (χ2v) is 7.07. The zero-order chi connectivity index (χ0) is 18.2. The van der Waals surface area contributed by atoms with E-state index in [9.17, 15) is 14.7 Å². The van der Waals surface area contributed by atoms with Crippen molar-refractivity contribution in [1.29, 1.82) is 0 Å². The van der Waals surface area contributed by atoms with Crippen LogP contribution < -0.4 is 5.32 Å². The zero-order valence-corrected chi connectivity index (χ0v) is 14.4. The molecule has 0 bridgehead atoms. The van der Waals surface area contributed by atoms with Gasteiger partial charge in [0.25, 0.3) is 5.91 Å². The first kappa shape index (κ1) is 16.8. The maximum atomic E-state index is 12.4. The van der Waals surface area contributed by atoms with E-state index in [1.165, 1.54) is 12.1 Å². The number of fused-ring (bicyclic) bond motifs is 1. The highest BCUT2D eigenvalue weighted by Crippen LogP contribution is 2.24. The number of phenols is 1. The molecule has 0 spiro atoms. The number of amides is 1. The molecule has 2 aromatic carbocycles. The summed E-state index contributed by atoms with van der Waals surface area (Å²) in [5.74, 6) is -0.0871. The largest absolute Gasteiger partial charge is 0.508 e. The number of phenolic OH excluding ortho intramolecular Hbond substituents is 1. The molecule has 1 heterocycles. The number of H-pyrrole nitrogens is 1. The van der Waals surface area contributed by atoms with Crippen LogP contribution >= 0.6 is 0 Å². The summed E-state index contributed by atoms with van der Waals surface area (Å²) in [5.41, 5.74) is 1.96. The summed E-state index contributed by atoms with van der Waals surface area (Å²) in [6.45, 7) is 5.65. The summed E-state index contributed by atoms with van der Waals surface area (Å²) in [6.07, 6.45) is 0. The molecule has 0 aliphatic rings. The number of Topliss-reactive ketones (excluding diaryl/α,β-unsaturated/α-hetero) is 1. The molecule has 0 unspecified atom stereocenters. The van der Waals surface area contributed by atoms with Crippen molar-refractivity contribution in [3.63, 3.8) is 0 Å². The predicted octanol–water partition coefficient (Wildman–Crippen LogP) is 4.35. The van der Waals surface area contributed by atoms with Gasteiger partial charge in [0.05, 0.1) is 0 Å². The fraction of sp³-hybridized carbons (Fsp3) is 0.200. The molecule has 0 aliphatic heterocycles. The molecule has 0 radical (unpaired) electrons. The van der Waals surface area contributed by atoms with Gasteiger partial charge in [-0.25, -0.2) is 0 Å². The Bertz CT molecular complexity index is 947. The fourth-order valence-electron chi connectivity index (χ4n) is 2.57. The monoisotopic (exact) mass is 336 g/mol. The second-order valence-electron chi connectivity index (χ2n) is 7.07. The van der Waals surface area contributed by atoms with Gasteiger partial charge in [-0.2, -0.15) is 0 Å². The van der Waals surface area contributed by atoms with Gasteiger partial charge in [-0.3, -0.25) is 9.59 Å². The van der Waals surface area contributed by atoms with Crippen LogP contribution in [0.4, 0.5) is 5.69 Å². The highest BCUT2D eigenvalue weighted by atomic mass is 16.3. The number of aromatic hydroxyl groups is 1. The Morgan fingerprint density at radius 2 is 1.68 bits per heavy atom. The number of carbonyl (C=O) groups is 2. The van der Waals surface area contributed by atoms with Gasteiger partial charge in [0, 0.05) is 27.6 Å². The number of anilines is 1. The van der Waals surface area contributed by atoms with Crippen molar-refractivity contribution >= 4 is 28.3 Å². The Kier molecular flexibility index (Phi) is 4.08. The van der Waals surface area contributed by atoms with Crippen molar-refractivity contribution in [1.82, 2.24) is 4.98 Å². The number of rotatable bonds is 3. The van der Waals surface area contributed by atoms with Crippen molar-refractivity contribution in [2.24, 2.45) is 5.41 Å². The zero-order valence-electron chi connectivity index (χ0n) is 14.4. The van der Waals surface area contributed by atoms with Gasteiger partial charge >= 0.3 is 0 Å². The molecule has 1 amide bonds. The molecule has 3 N–H and O–H groups in total. The summed E-state index contributed by atoms with van der Waals surface area (Å²) >= 11 is 0. The maximum Gasteiger partial charge on any atom is 0.272 e. The Balaban J connectivity index is 1.86. The van der Waals surface area contributed by atoms with E-state index in [2.05, 4.69) is 10.3 Å². The van der Waals surface area contributed by atoms with Crippen LogP contribution in [0.1, 0.15) is 41.6 Å². The Morgan fingerprint density at radius 3 is 2.32 bits per heavy atom. The number of aromatic amines is 1. The summed E-state index contributed by atoms with van der Waals surface area (Å²) < 4.78 is 0. The van der Waals surface area contributed by atoms with Crippen molar-refractivity contribution in [3.05, 3.63) is 59.8 Å². The minimum atomic E-state index is -0.455. The normalized spacial score (nSPS) is 11.5. The highest BCUT2D eigenvalue weighted by Gasteiger charge is 2.23. The number of nitrogens with one attached hydrogen (secondary N) is 2. The smallest absolute Gasteiger partial charge is 0.272 e. The van der Waals surface area contributed by atoms with Crippen LogP contribution in [0.5, 0.6) is 5.75 Å². The quantitative estimate of drug-likeness (QED) is 0.491. The molecular weight excluding hydrogens is 316 g/mol. The molecule has 128 valence electrons. The lowest BCUT2D eigenvalue weighted by Crippen LogP contribution is -2.19. The van der Waals surface area contributed by atoms with Crippen LogP contribution in [0.25, 0.3) is 10.9 Å². The lowest BCUT2D eigenvalue weighted by atomic mass is 9.86. The van der Waals surface area contributed by atoms with Gasteiger partial charge in [0.2, 0.25) is 0 Å². The average Bonchev–Trinajstić information content (AvgIpc) is 2.98. The van der Waals surface area contributed by atoms with Crippen molar-refractivity contribution in [2.75, 3.05) is 5.32 Å². The van der Waals surface area contributed by atoms with E-state index in [0.717, 1.165) is 10.9 Å². The third kappa shape index (κ3) is 3.55. The third-order valence-corrected chi connectivity index (χ3v) is 3.93. The van der Waals surface area contributed by atoms with Gasteiger partial charge in [-0.05, 0) is 48.5 Å².